The molecule has 4 rings (SSSR count). The number of hydrogen-bond acceptors (Lipinski definition) is 7. The number of methoxy groups -OCH3 is 2. The fraction of sp³-hybridized carbons (Fsp3) is 0.375. The second-order valence-electron chi connectivity index (χ2n) is 7.72. The van der Waals surface area contributed by atoms with Gasteiger partial charge in [-0.05, 0) is 30.5 Å². The van der Waals surface area contributed by atoms with Crippen LogP contribution in [0.25, 0.3) is 0 Å². The normalized spacial score (nSPS) is 16.1. The maximum Gasteiger partial charge on any atom is 0.254 e. The molecule has 0 spiro atoms. The number of amides is 1. The highest BCUT2D eigenvalue weighted by Gasteiger charge is 2.29. The van der Waals surface area contributed by atoms with Crippen LogP contribution in [-0.4, -0.2) is 48.3 Å². The molecule has 0 N–H and O–H groups in total. The van der Waals surface area contributed by atoms with E-state index in [4.69, 9.17) is 18.7 Å². The standard InChI is InChI=1S/C24H27N3O5/c1-29-20-11-19(12-21(13-20)30-2)24(28)27-10-6-9-18(14-27)23-25-22(32-26-23)16-31-15-17-7-4-3-5-8-17/h3-5,7-8,11-13,18H,6,9-10,14-16H2,1-2H3. The van der Waals surface area contributed by atoms with Crippen LogP contribution in [0.5, 0.6) is 11.5 Å². The molecule has 0 aliphatic carbocycles. The summed E-state index contributed by atoms with van der Waals surface area (Å²) in [7, 11) is 3.13. The number of carbonyl (C=O) groups excluding carboxylic acids is 1. The number of nitrogens with zero attached hydrogens (tertiary/aromatic N) is 3. The number of hydrogen-bond donors (Lipinski definition) is 0. The van der Waals surface area contributed by atoms with Crippen molar-refractivity contribution in [2.45, 2.75) is 32.0 Å². The van der Waals surface area contributed by atoms with Crippen LogP contribution in [0.4, 0.5) is 0 Å². The summed E-state index contributed by atoms with van der Waals surface area (Å²) >= 11 is 0. The zero-order valence-electron chi connectivity index (χ0n) is 18.3. The van der Waals surface area contributed by atoms with Crippen molar-refractivity contribution >= 4 is 5.91 Å². The fourth-order valence-electron chi connectivity index (χ4n) is 3.81. The van der Waals surface area contributed by atoms with E-state index in [2.05, 4.69) is 10.1 Å². The summed E-state index contributed by atoms with van der Waals surface area (Å²) in [5.74, 6) is 2.17. The van der Waals surface area contributed by atoms with Gasteiger partial charge in [0.05, 0.1) is 20.8 Å². The van der Waals surface area contributed by atoms with E-state index in [0.717, 1.165) is 18.4 Å². The molecule has 0 saturated carbocycles. The number of likely N-dealkylation sites (tertiary alicyclic amines) is 1. The molecule has 1 unspecified atom stereocenters. The first-order chi connectivity index (χ1) is 15.7. The Morgan fingerprint density at radius 3 is 2.56 bits per heavy atom. The predicted octanol–water partition coefficient (Wildman–Crippen LogP) is 3.82. The third kappa shape index (κ3) is 5.26. The molecule has 1 aliphatic rings. The second kappa shape index (κ2) is 10.3. The van der Waals surface area contributed by atoms with E-state index in [1.807, 2.05) is 35.2 Å². The highest BCUT2D eigenvalue weighted by atomic mass is 16.5. The van der Waals surface area contributed by atoms with Gasteiger partial charge in [-0.2, -0.15) is 4.98 Å². The minimum Gasteiger partial charge on any atom is -0.497 e. The molecule has 1 saturated heterocycles. The third-order valence-electron chi connectivity index (χ3n) is 5.49. The van der Waals surface area contributed by atoms with Crippen molar-refractivity contribution in [3.8, 4) is 11.5 Å². The van der Waals surface area contributed by atoms with Gasteiger partial charge in [-0.25, -0.2) is 0 Å². The van der Waals surface area contributed by atoms with Crippen LogP contribution < -0.4 is 9.47 Å². The minimum atomic E-state index is -0.0678. The Labute approximate surface area is 187 Å². The van der Waals surface area contributed by atoms with E-state index in [9.17, 15) is 4.79 Å². The monoisotopic (exact) mass is 437 g/mol. The Hall–Kier alpha value is -3.39. The Morgan fingerprint density at radius 2 is 1.84 bits per heavy atom. The van der Waals surface area contributed by atoms with Crippen LogP contribution >= 0.6 is 0 Å². The number of benzene rings is 2. The van der Waals surface area contributed by atoms with Gasteiger partial charge in [0.2, 0.25) is 0 Å². The van der Waals surface area contributed by atoms with Crippen molar-refractivity contribution in [3.63, 3.8) is 0 Å². The van der Waals surface area contributed by atoms with E-state index >= 15 is 0 Å². The molecule has 1 atom stereocenters. The summed E-state index contributed by atoms with van der Waals surface area (Å²) in [6, 6.07) is 15.1. The molecule has 1 aromatic heterocycles. The SMILES string of the molecule is COc1cc(OC)cc(C(=O)N2CCCC(c3noc(COCc4ccccc4)n3)C2)c1. The molecular formula is C24H27N3O5. The number of ether oxygens (including phenoxy) is 3. The van der Waals surface area contributed by atoms with Gasteiger partial charge in [-0.3, -0.25) is 4.79 Å². The third-order valence-corrected chi connectivity index (χ3v) is 5.49. The van der Waals surface area contributed by atoms with Gasteiger partial charge in [0.15, 0.2) is 5.82 Å². The lowest BCUT2D eigenvalue weighted by Crippen LogP contribution is -2.39. The van der Waals surface area contributed by atoms with Gasteiger partial charge in [-0.1, -0.05) is 35.5 Å². The van der Waals surface area contributed by atoms with Gasteiger partial charge in [-0.15, -0.1) is 0 Å². The molecule has 0 bridgehead atoms. The summed E-state index contributed by atoms with van der Waals surface area (Å²) in [6.07, 6.45) is 1.76. The summed E-state index contributed by atoms with van der Waals surface area (Å²) in [5, 5.41) is 4.14. The maximum atomic E-state index is 13.1. The number of carbonyl (C=O) groups is 1. The molecular weight excluding hydrogens is 410 g/mol. The summed E-state index contributed by atoms with van der Waals surface area (Å²) in [5.41, 5.74) is 1.62. The Morgan fingerprint density at radius 1 is 1.09 bits per heavy atom. The molecule has 1 aliphatic heterocycles. The molecule has 2 heterocycles. The number of rotatable bonds is 8. The molecule has 2 aromatic carbocycles. The van der Waals surface area contributed by atoms with Crippen molar-refractivity contribution in [2.24, 2.45) is 0 Å². The number of piperidine rings is 1. The first kappa shape index (κ1) is 21.8. The lowest BCUT2D eigenvalue weighted by Gasteiger charge is -2.31. The lowest BCUT2D eigenvalue weighted by atomic mass is 9.96. The smallest absolute Gasteiger partial charge is 0.254 e. The van der Waals surface area contributed by atoms with E-state index in [0.29, 0.717) is 48.5 Å². The molecule has 3 aromatic rings. The lowest BCUT2D eigenvalue weighted by molar-refractivity contribution is 0.0702. The van der Waals surface area contributed by atoms with Crippen LogP contribution in [0.1, 0.15) is 46.4 Å². The van der Waals surface area contributed by atoms with E-state index in [1.54, 1.807) is 32.4 Å². The molecule has 1 fully saturated rings. The zero-order chi connectivity index (χ0) is 22.3. The predicted molar refractivity (Wildman–Crippen MR) is 117 cm³/mol. The van der Waals surface area contributed by atoms with Crippen LogP contribution in [0.3, 0.4) is 0 Å². The average Bonchev–Trinajstić information content (AvgIpc) is 3.33. The van der Waals surface area contributed by atoms with Crippen molar-refractivity contribution < 1.29 is 23.5 Å². The van der Waals surface area contributed by atoms with Gasteiger partial charge in [0.1, 0.15) is 18.1 Å². The Bertz CT molecular complexity index is 1010. The van der Waals surface area contributed by atoms with Crippen molar-refractivity contribution in [3.05, 3.63) is 71.4 Å². The Balaban J connectivity index is 1.37. The Kier molecular flexibility index (Phi) is 7.01. The highest BCUT2D eigenvalue weighted by molar-refractivity contribution is 5.95. The first-order valence-corrected chi connectivity index (χ1v) is 10.6. The quantitative estimate of drug-likeness (QED) is 0.529. The average molecular weight is 437 g/mol. The maximum absolute atomic E-state index is 13.1. The van der Waals surface area contributed by atoms with E-state index in [-0.39, 0.29) is 18.4 Å². The largest absolute Gasteiger partial charge is 0.497 e. The zero-order valence-corrected chi connectivity index (χ0v) is 18.3. The van der Waals surface area contributed by atoms with Crippen molar-refractivity contribution in [2.75, 3.05) is 27.3 Å². The van der Waals surface area contributed by atoms with Crippen LogP contribution in [0.15, 0.2) is 53.1 Å². The molecule has 168 valence electrons. The van der Waals surface area contributed by atoms with Gasteiger partial charge >= 0.3 is 0 Å². The summed E-state index contributed by atoms with van der Waals surface area (Å²) in [6.45, 7) is 1.94. The molecule has 0 radical (unpaired) electrons. The van der Waals surface area contributed by atoms with Crippen LogP contribution in [-0.2, 0) is 18.0 Å². The topological polar surface area (TPSA) is 86.9 Å². The molecule has 1 amide bonds. The second-order valence-corrected chi connectivity index (χ2v) is 7.72. The molecule has 8 nitrogen and oxygen atoms in total. The number of aromatic nitrogens is 2. The van der Waals surface area contributed by atoms with E-state index < -0.39 is 0 Å². The first-order valence-electron chi connectivity index (χ1n) is 10.6. The molecule has 32 heavy (non-hydrogen) atoms. The van der Waals surface area contributed by atoms with E-state index in [1.165, 1.54) is 0 Å². The summed E-state index contributed by atoms with van der Waals surface area (Å²) in [4.78, 5) is 19.5. The van der Waals surface area contributed by atoms with Crippen molar-refractivity contribution in [1.29, 1.82) is 0 Å². The van der Waals surface area contributed by atoms with Gasteiger partial charge < -0.3 is 23.6 Å². The fourth-order valence-corrected chi connectivity index (χ4v) is 3.81. The highest BCUT2D eigenvalue weighted by Crippen LogP contribution is 2.28. The van der Waals surface area contributed by atoms with Crippen LogP contribution in [0, 0.1) is 0 Å². The van der Waals surface area contributed by atoms with Crippen LogP contribution in [0.2, 0.25) is 0 Å². The van der Waals surface area contributed by atoms with Gasteiger partial charge in [0.25, 0.3) is 11.8 Å². The summed E-state index contributed by atoms with van der Waals surface area (Å²) < 4.78 is 21.6. The minimum absolute atomic E-state index is 0.0202. The van der Waals surface area contributed by atoms with Crippen molar-refractivity contribution in [1.82, 2.24) is 15.0 Å². The molecule has 8 heteroatoms. The van der Waals surface area contributed by atoms with Gasteiger partial charge in [0, 0.05) is 30.6 Å².